The van der Waals surface area contributed by atoms with E-state index in [0.717, 1.165) is 87.9 Å². The highest BCUT2D eigenvalue weighted by Gasteiger charge is 2.46. The highest BCUT2D eigenvalue weighted by molar-refractivity contribution is 5.97. The van der Waals surface area contributed by atoms with E-state index in [9.17, 15) is 19.5 Å². The zero-order valence-corrected chi connectivity index (χ0v) is 35.9. The highest BCUT2D eigenvalue weighted by Crippen LogP contribution is 2.42. The minimum atomic E-state index is -1.10. The molecule has 1 unspecified atom stereocenters. The van der Waals surface area contributed by atoms with Gasteiger partial charge in [-0.3, -0.25) is 19.3 Å². The number of rotatable bonds is 16. The van der Waals surface area contributed by atoms with Crippen LogP contribution >= 0.6 is 0 Å². The van der Waals surface area contributed by atoms with Gasteiger partial charge in [-0.15, -0.1) is 0 Å². The fourth-order valence-electron chi connectivity index (χ4n) is 10.5. The number of nitrogens with zero attached hydrogens (tertiary/aromatic N) is 3. The van der Waals surface area contributed by atoms with Crippen molar-refractivity contribution in [2.75, 3.05) is 49.7 Å². The third-order valence-corrected chi connectivity index (χ3v) is 14.1. The van der Waals surface area contributed by atoms with Crippen molar-refractivity contribution in [3.8, 4) is 0 Å². The van der Waals surface area contributed by atoms with E-state index >= 15 is 0 Å². The lowest BCUT2D eigenvalue weighted by molar-refractivity contribution is -0.193. The van der Waals surface area contributed by atoms with Crippen molar-refractivity contribution >= 4 is 29.2 Å². The number of methoxy groups -OCH3 is 1. The van der Waals surface area contributed by atoms with Crippen molar-refractivity contribution in [3.05, 3.63) is 96.1 Å². The van der Waals surface area contributed by atoms with Crippen LogP contribution in [0.2, 0.25) is 0 Å². The molecule has 4 fully saturated rings. The number of hydrogen-bond donors (Lipinski definition) is 2. The molecule has 0 radical (unpaired) electrons. The summed E-state index contributed by atoms with van der Waals surface area (Å²) >= 11 is 0. The molecule has 3 aromatic carbocycles. The summed E-state index contributed by atoms with van der Waals surface area (Å²) in [4.78, 5) is 48.4. The number of ether oxygens (including phenoxy) is 2. The smallest absolute Gasteiger partial charge is 0.312 e. The Balaban J connectivity index is 1.04. The first kappa shape index (κ1) is 44.0. The van der Waals surface area contributed by atoms with Gasteiger partial charge in [-0.1, -0.05) is 99.2 Å². The maximum absolute atomic E-state index is 14.6. The van der Waals surface area contributed by atoms with Crippen molar-refractivity contribution in [1.82, 2.24) is 10.2 Å². The van der Waals surface area contributed by atoms with Gasteiger partial charge in [0.2, 0.25) is 11.8 Å². The molecule has 1 atom stereocenters. The maximum atomic E-state index is 14.6. The number of carbonyl (C=O) groups excluding carboxylic acids is 3. The lowest BCUT2D eigenvalue weighted by Gasteiger charge is -2.45. The van der Waals surface area contributed by atoms with Gasteiger partial charge < -0.3 is 29.7 Å². The third-order valence-electron chi connectivity index (χ3n) is 14.1. The molecular weight excluding hydrogens is 753 g/mol. The molecule has 0 aromatic heterocycles. The van der Waals surface area contributed by atoms with E-state index in [1.165, 1.54) is 25.5 Å². The normalized spacial score (nSPS) is 20.5. The average Bonchev–Trinajstić information content (AvgIpc) is 3.29. The number of amides is 2. The quantitative estimate of drug-likeness (QED) is 0.110. The second-order valence-electron chi connectivity index (χ2n) is 18.1. The Morgan fingerprint density at radius 1 is 0.700 bits per heavy atom. The van der Waals surface area contributed by atoms with Crippen molar-refractivity contribution in [3.63, 3.8) is 0 Å². The van der Waals surface area contributed by atoms with Crippen LogP contribution in [0.3, 0.4) is 0 Å². The Labute approximate surface area is 358 Å². The molecule has 7 rings (SSSR count). The van der Waals surface area contributed by atoms with Crippen molar-refractivity contribution in [2.24, 2.45) is 10.8 Å². The number of hydrogen-bond acceptors (Lipinski definition) is 8. The molecule has 10 nitrogen and oxygen atoms in total. The summed E-state index contributed by atoms with van der Waals surface area (Å²) in [5.41, 5.74) is 2.57. The number of piperidine rings is 2. The molecule has 2 saturated heterocycles. The molecule has 3 aromatic rings. The predicted molar refractivity (Wildman–Crippen MR) is 236 cm³/mol. The molecule has 324 valence electrons. The lowest BCUT2D eigenvalue weighted by Crippen LogP contribution is -2.51. The topological polar surface area (TPSA) is 112 Å². The number of nitrogens with one attached hydrogen (secondary N) is 1. The van der Waals surface area contributed by atoms with Gasteiger partial charge in [0.1, 0.15) is 0 Å². The van der Waals surface area contributed by atoms with E-state index in [-0.39, 0.29) is 42.7 Å². The van der Waals surface area contributed by atoms with E-state index in [4.69, 9.17) is 9.47 Å². The van der Waals surface area contributed by atoms with Crippen LogP contribution in [0.1, 0.15) is 114 Å². The van der Waals surface area contributed by atoms with Crippen LogP contribution in [0.25, 0.3) is 0 Å². The summed E-state index contributed by atoms with van der Waals surface area (Å²) in [7, 11) is 1.42. The number of aliphatic hydroxyl groups excluding tert-OH is 1. The summed E-state index contributed by atoms with van der Waals surface area (Å²) in [6, 6.07) is 29.0. The molecular formula is C50H68N4O6. The largest absolute Gasteiger partial charge is 0.469 e. The Hall–Kier alpha value is -4.09. The van der Waals surface area contributed by atoms with Crippen LogP contribution in [0.5, 0.6) is 0 Å². The van der Waals surface area contributed by atoms with Gasteiger partial charge in [0.05, 0.1) is 19.1 Å². The molecule has 60 heavy (non-hydrogen) atoms. The minimum absolute atomic E-state index is 0.0163. The van der Waals surface area contributed by atoms with Crippen LogP contribution in [0, 0.1) is 10.8 Å². The first-order valence-electron chi connectivity index (χ1n) is 22.9. The van der Waals surface area contributed by atoms with E-state index in [1.807, 2.05) is 58.3 Å². The Kier molecular flexibility index (Phi) is 15.5. The highest BCUT2D eigenvalue weighted by atomic mass is 16.6. The fourth-order valence-corrected chi connectivity index (χ4v) is 10.5. The van der Waals surface area contributed by atoms with Gasteiger partial charge >= 0.3 is 5.97 Å². The zero-order chi connectivity index (χ0) is 41.8. The molecule has 0 spiro atoms. The standard InChI is InChI=1S/C50H68N4O6/c1-59-47(57)49(27-31-51-32-28-49)36-45(55)54(43-20-12-5-13-21-43)44-24-22-39(23-25-44)26-35-60-48(58)50(29-33-52(34-30-50)38-40-14-6-2-7-15-40)37-46(56)53(41-16-8-3-9-17-41)42-18-10-4-11-19-42/h2-3,6-9,14-17,22-25,42-43,48,51,58H,4-5,10-13,18-21,26-38H2,1H3. The SMILES string of the molecule is COC(=O)C1(CC(=O)N(c2ccc(CCOC(O)C3(CC(=O)N(c4ccccc4)C4CCCCC4)CCN(Cc4ccccc4)CC3)cc2)C2CCCCC2)CCNCC1. The summed E-state index contributed by atoms with van der Waals surface area (Å²) in [5, 5.41) is 15.4. The molecule has 2 heterocycles. The van der Waals surface area contributed by atoms with E-state index in [0.29, 0.717) is 51.8 Å². The third kappa shape index (κ3) is 10.9. The van der Waals surface area contributed by atoms with E-state index in [2.05, 4.69) is 46.6 Å². The fraction of sp³-hybridized carbons (Fsp3) is 0.580. The second kappa shape index (κ2) is 21.1. The van der Waals surface area contributed by atoms with Gasteiger partial charge in [0.25, 0.3) is 0 Å². The van der Waals surface area contributed by atoms with Crippen LogP contribution in [-0.2, 0) is 36.8 Å². The van der Waals surface area contributed by atoms with Gasteiger partial charge in [-0.2, -0.15) is 0 Å². The Bertz CT molecular complexity index is 1800. The molecule has 10 heteroatoms. The Morgan fingerprint density at radius 2 is 1.23 bits per heavy atom. The van der Waals surface area contributed by atoms with Gasteiger partial charge in [0, 0.05) is 48.3 Å². The van der Waals surface area contributed by atoms with Crippen LogP contribution < -0.4 is 15.1 Å². The lowest BCUT2D eigenvalue weighted by atomic mass is 9.74. The van der Waals surface area contributed by atoms with E-state index < -0.39 is 17.1 Å². The molecule has 2 amide bonds. The molecule has 4 aliphatic rings. The molecule has 0 bridgehead atoms. The molecule has 2 saturated carbocycles. The number of aliphatic hydroxyl groups is 1. The van der Waals surface area contributed by atoms with Crippen LogP contribution in [-0.4, -0.2) is 86.1 Å². The van der Waals surface area contributed by atoms with Crippen LogP contribution in [0.15, 0.2) is 84.9 Å². The summed E-state index contributed by atoms with van der Waals surface area (Å²) in [6.45, 7) is 4.06. The number of para-hydroxylation sites is 1. The number of esters is 1. The zero-order valence-electron chi connectivity index (χ0n) is 35.9. The first-order valence-corrected chi connectivity index (χ1v) is 22.9. The summed E-state index contributed by atoms with van der Waals surface area (Å²) < 4.78 is 11.6. The number of likely N-dealkylation sites (tertiary alicyclic amines) is 1. The van der Waals surface area contributed by atoms with Crippen LogP contribution in [0.4, 0.5) is 11.4 Å². The monoisotopic (exact) mass is 821 g/mol. The summed E-state index contributed by atoms with van der Waals surface area (Å²) in [6.07, 6.45) is 13.0. The average molecular weight is 821 g/mol. The Morgan fingerprint density at radius 3 is 1.80 bits per heavy atom. The van der Waals surface area contributed by atoms with Gasteiger partial charge in [0.15, 0.2) is 6.29 Å². The van der Waals surface area contributed by atoms with E-state index in [1.54, 1.807) is 0 Å². The number of anilines is 2. The molecule has 2 aliphatic heterocycles. The van der Waals surface area contributed by atoms with Gasteiger partial charge in [-0.05, 0) is 119 Å². The predicted octanol–water partition coefficient (Wildman–Crippen LogP) is 8.20. The van der Waals surface area contributed by atoms with Crippen molar-refractivity contribution in [2.45, 2.75) is 134 Å². The molecule has 2 aliphatic carbocycles. The minimum Gasteiger partial charge on any atom is -0.469 e. The molecule has 2 N–H and O–H groups in total. The number of benzene rings is 3. The first-order chi connectivity index (χ1) is 29.3. The summed E-state index contributed by atoms with van der Waals surface area (Å²) in [5.74, 6) is -0.241. The van der Waals surface area contributed by atoms with Gasteiger partial charge in [-0.25, -0.2) is 0 Å². The second-order valence-corrected chi connectivity index (χ2v) is 18.1. The van der Waals surface area contributed by atoms with Crippen molar-refractivity contribution in [1.29, 1.82) is 0 Å². The maximum Gasteiger partial charge on any atom is 0.312 e. The number of carbonyl (C=O) groups is 3. The van der Waals surface area contributed by atoms with Crippen molar-refractivity contribution < 1.29 is 29.0 Å².